The molecule has 0 spiro atoms. The molecule has 2 nitrogen and oxygen atoms in total. The smallest absolute Gasteiger partial charge is 0.262 e. The molecule has 2 rings (SSSR count). The molecular formula is C9H11Br2NO. The van der Waals surface area contributed by atoms with Crippen LogP contribution in [0.5, 0.6) is 0 Å². The van der Waals surface area contributed by atoms with Crippen molar-refractivity contribution in [3.63, 3.8) is 0 Å². The number of amides is 1. The summed E-state index contributed by atoms with van der Waals surface area (Å²) in [4.78, 5) is 13.6. The molecule has 0 N–H and O–H groups in total. The first-order valence-electron chi connectivity index (χ1n) is 4.46. The lowest BCUT2D eigenvalue weighted by Crippen LogP contribution is -2.36. The number of hydrogen-bond acceptors (Lipinski definition) is 1. The highest BCUT2D eigenvalue weighted by Gasteiger charge is 2.38. The van der Waals surface area contributed by atoms with Crippen molar-refractivity contribution < 1.29 is 4.79 Å². The van der Waals surface area contributed by atoms with Crippen molar-refractivity contribution >= 4 is 37.8 Å². The van der Waals surface area contributed by atoms with E-state index in [9.17, 15) is 4.79 Å². The summed E-state index contributed by atoms with van der Waals surface area (Å²) in [6.45, 7) is 2.87. The fraction of sp³-hybridized carbons (Fsp3) is 0.667. The molecule has 1 heterocycles. The third-order valence-corrected chi connectivity index (χ3v) is 4.79. The largest absolute Gasteiger partial charge is 0.330 e. The molecule has 72 valence electrons. The zero-order valence-electron chi connectivity index (χ0n) is 7.39. The minimum absolute atomic E-state index is 0.131. The average molecular weight is 309 g/mol. The molecule has 0 aromatic heterocycles. The fourth-order valence-electron chi connectivity index (χ4n) is 1.69. The first-order chi connectivity index (χ1) is 6.11. The van der Waals surface area contributed by atoms with Gasteiger partial charge in [0, 0.05) is 10.5 Å². The van der Waals surface area contributed by atoms with E-state index in [2.05, 4.69) is 38.8 Å². The highest BCUT2D eigenvalue weighted by Crippen LogP contribution is 2.39. The Bertz CT molecular complexity index is 283. The second kappa shape index (κ2) is 3.39. The van der Waals surface area contributed by atoms with Crippen LogP contribution in [0.15, 0.2) is 8.96 Å². The van der Waals surface area contributed by atoms with Crippen LogP contribution < -0.4 is 0 Å². The van der Waals surface area contributed by atoms with Gasteiger partial charge in [0.15, 0.2) is 0 Å². The van der Waals surface area contributed by atoms with Crippen LogP contribution in [0, 0.1) is 5.92 Å². The second-order valence-electron chi connectivity index (χ2n) is 3.73. The summed E-state index contributed by atoms with van der Waals surface area (Å²) < 4.78 is 1.67. The Morgan fingerprint density at radius 3 is 2.46 bits per heavy atom. The van der Waals surface area contributed by atoms with Gasteiger partial charge in [0.2, 0.25) is 0 Å². The van der Waals surface area contributed by atoms with Crippen molar-refractivity contribution in [3.8, 4) is 0 Å². The van der Waals surface area contributed by atoms with Crippen LogP contribution in [0.2, 0.25) is 0 Å². The van der Waals surface area contributed by atoms with Crippen LogP contribution in [0.3, 0.4) is 0 Å². The van der Waals surface area contributed by atoms with Crippen molar-refractivity contribution in [1.82, 2.24) is 4.90 Å². The van der Waals surface area contributed by atoms with Gasteiger partial charge in [-0.15, -0.1) is 0 Å². The lowest BCUT2D eigenvalue weighted by atomic mass is 10.2. The standard InChI is InChI=1S/C9H11Br2NO/c1-5(6-2-3-6)12-4-7(10)8(11)9(12)13/h5-6H,2-4H2,1H3/t5-/m1/s1. The van der Waals surface area contributed by atoms with Crippen molar-refractivity contribution in [3.05, 3.63) is 8.96 Å². The third-order valence-electron chi connectivity index (χ3n) is 2.79. The highest BCUT2D eigenvalue weighted by molar-refractivity contribution is 9.14. The van der Waals surface area contributed by atoms with E-state index < -0.39 is 0 Å². The van der Waals surface area contributed by atoms with E-state index in [4.69, 9.17) is 0 Å². The maximum Gasteiger partial charge on any atom is 0.262 e. The summed E-state index contributed by atoms with van der Waals surface area (Å²) in [5, 5.41) is 0. The SMILES string of the molecule is C[C@H](C1CC1)N1CC(Br)=C(Br)C1=O. The molecule has 13 heavy (non-hydrogen) atoms. The van der Waals surface area contributed by atoms with Crippen LogP contribution in [0.1, 0.15) is 19.8 Å². The second-order valence-corrected chi connectivity index (χ2v) is 5.48. The molecule has 0 unspecified atom stereocenters. The molecule has 0 radical (unpaired) electrons. The Kier molecular flexibility index (Phi) is 2.53. The zero-order chi connectivity index (χ0) is 9.59. The first-order valence-corrected chi connectivity index (χ1v) is 6.05. The van der Waals surface area contributed by atoms with Gasteiger partial charge in [-0.25, -0.2) is 0 Å². The van der Waals surface area contributed by atoms with E-state index in [-0.39, 0.29) is 5.91 Å². The Morgan fingerprint density at radius 1 is 1.46 bits per heavy atom. The fourth-order valence-corrected chi connectivity index (χ4v) is 2.49. The molecule has 0 saturated heterocycles. The number of rotatable bonds is 2. The van der Waals surface area contributed by atoms with E-state index in [0.717, 1.165) is 16.9 Å². The predicted molar refractivity (Wildman–Crippen MR) is 58.8 cm³/mol. The average Bonchev–Trinajstić information content (AvgIpc) is 2.89. The molecule has 1 fully saturated rings. The third kappa shape index (κ3) is 1.71. The predicted octanol–water partition coefficient (Wildman–Crippen LogP) is 2.63. The van der Waals surface area contributed by atoms with Gasteiger partial charge in [0.05, 0.1) is 11.0 Å². The van der Waals surface area contributed by atoms with Crippen molar-refractivity contribution in [2.24, 2.45) is 5.92 Å². The molecule has 1 saturated carbocycles. The Labute approximate surface area is 94.6 Å². The highest BCUT2D eigenvalue weighted by atomic mass is 79.9. The number of halogens is 2. The monoisotopic (exact) mass is 307 g/mol. The van der Waals surface area contributed by atoms with Crippen molar-refractivity contribution in [1.29, 1.82) is 0 Å². The van der Waals surface area contributed by atoms with Gasteiger partial charge in [0.25, 0.3) is 5.91 Å². The minimum Gasteiger partial charge on any atom is -0.330 e. The van der Waals surface area contributed by atoms with Crippen LogP contribution in [-0.2, 0) is 4.79 Å². The van der Waals surface area contributed by atoms with Gasteiger partial charge < -0.3 is 4.90 Å². The van der Waals surface area contributed by atoms with Crippen LogP contribution >= 0.6 is 31.9 Å². The summed E-state index contributed by atoms with van der Waals surface area (Å²) >= 11 is 6.68. The van der Waals surface area contributed by atoms with Gasteiger partial charge >= 0.3 is 0 Å². The molecule has 4 heteroatoms. The summed E-state index contributed by atoms with van der Waals surface area (Å²) in [5.41, 5.74) is 0. The number of hydrogen-bond donors (Lipinski definition) is 0. The van der Waals surface area contributed by atoms with E-state index in [0.29, 0.717) is 10.5 Å². The normalized spacial score (nSPS) is 25.8. The molecule has 1 amide bonds. The van der Waals surface area contributed by atoms with E-state index in [1.807, 2.05) is 4.90 Å². The number of nitrogens with zero attached hydrogens (tertiary/aromatic N) is 1. The summed E-state index contributed by atoms with van der Waals surface area (Å²) in [5.74, 6) is 0.869. The minimum atomic E-state index is 0.131. The van der Waals surface area contributed by atoms with Crippen LogP contribution in [0.4, 0.5) is 0 Å². The molecule has 1 aliphatic carbocycles. The topological polar surface area (TPSA) is 20.3 Å². The lowest BCUT2D eigenvalue weighted by molar-refractivity contribution is -0.126. The van der Waals surface area contributed by atoms with Gasteiger partial charge in [-0.05, 0) is 41.6 Å². The first kappa shape index (κ1) is 9.71. The van der Waals surface area contributed by atoms with E-state index >= 15 is 0 Å². The molecule has 0 aromatic rings. The van der Waals surface area contributed by atoms with Crippen molar-refractivity contribution in [2.75, 3.05) is 6.54 Å². The van der Waals surface area contributed by atoms with Gasteiger partial charge in [-0.2, -0.15) is 0 Å². The van der Waals surface area contributed by atoms with E-state index in [1.54, 1.807) is 0 Å². The van der Waals surface area contributed by atoms with Gasteiger partial charge in [-0.1, -0.05) is 15.9 Å². The number of carbonyl (C=O) groups is 1. The number of carbonyl (C=O) groups excluding carboxylic acids is 1. The zero-order valence-corrected chi connectivity index (χ0v) is 10.6. The van der Waals surface area contributed by atoms with Gasteiger partial charge in [0.1, 0.15) is 0 Å². The molecule has 1 atom stereocenters. The molecule has 0 aromatic carbocycles. The Morgan fingerprint density at radius 2 is 2.08 bits per heavy atom. The summed E-state index contributed by atoms with van der Waals surface area (Å²) in [7, 11) is 0. The lowest BCUT2D eigenvalue weighted by Gasteiger charge is -2.24. The van der Waals surface area contributed by atoms with Crippen LogP contribution in [-0.4, -0.2) is 23.4 Å². The Hall–Kier alpha value is 0.170. The van der Waals surface area contributed by atoms with E-state index in [1.165, 1.54) is 12.8 Å². The summed E-state index contributed by atoms with van der Waals surface area (Å²) in [6, 6.07) is 0.398. The quantitative estimate of drug-likeness (QED) is 0.768. The van der Waals surface area contributed by atoms with Gasteiger partial charge in [-0.3, -0.25) is 4.79 Å². The Balaban J connectivity index is 2.08. The molecule has 2 aliphatic rings. The molecule has 0 bridgehead atoms. The molecular weight excluding hydrogens is 298 g/mol. The maximum absolute atomic E-state index is 11.7. The molecule has 1 aliphatic heterocycles. The van der Waals surface area contributed by atoms with Crippen LogP contribution in [0.25, 0.3) is 0 Å². The summed E-state index contributed by atoms with van der Waals surface area (Å²) in [6.07, 6.45) is 2.56. The maximum atomic E-state index is 11.7. The van der Waals surface area contributed by atoms with Crippen molar-refractivity contribution in [2.45, 2.75) is 25.8 Å².